The zero-order valence-corrected chi connectivity index (χ0v) is 12.2. The minimum Gasteiger partial charge on any atom is -0.295 e. The lowest BCUT2D eigenvalue weighted by Gasteiger charge is -2.18. The van der Waals surface area contributed by atoms with Gasteiger partial charge in [-0.2, -0.15) is 0 Å². The Morgan fingerprint density at radius 3 is 2.68 bits per heavy atom. The number of amides is 1. The molecule has 0 aromatic carbocycles. The molecule has 6 nitrogen and oxygen atoms in total. The number of anilines is 1. The molecule has 2 heterocycles. The molecule has 0 saturated heterocycles. The van der Waals surface area contributed by atoms with Crippen molar-refractivity contribution in [2.24, 2.45) is 0 Å². The third-order valence-electron chi connectivity index (χ3n) is 2.34. The number of nitrogens with one attached hydrogen (secondary N) is 1. The van der Waals surface area contributed by atoms with Crippen LogP contribution in [0.5, 0.6) is 0 Å². The predicted octanol–water partition coefficient (Wildman–Crippen LogP) is 2.53. The van der Waals surface area contributed by atoms with Crippen LogP contribution in [0.4, 0.5) is 5.13 Å². The monoisotopic (exact) mass is 297 g/mol. The molecule has 0 aliphatic heterocycles. The lowest BCUT2D eigenvalue weighted by molar-refractivity contribution is 0.102. The van der Waals surface area contributed by atoms with Gasteiger partial charge in [-0.3, -0.25) is 10.1 Å². The van der Waals surface area contributed by atoms with E-state index in [0.29, 0.717) is 10.7 Å². The molecule has 1 N–H and O–H groups in total. The van der Waals surface area contributed by atoms with Gasteiger partial charge in [0.1, 0.15) is 5.15 Å². The van der Waals surface area contributed by atoms with E-state index in [0.717, 1.165) is 17.2 Å². The number of carbonyl (C=O) groups excluding carboxylic acids is 1. The third-order valence-corrected chi connectivity index (χ3v) is 3.05. The normalized spacial score (nSPS) is 11.4. The van der Waals surface area contributed by atoms with E-state index in [1.54, 1.807) is 6.07 Å². The first-order chi connectivity index (χ1) is 8.86. The van der Waals surface area contributed by atoms with Crippen molar-refractivity contribution in [3.63, 3.8) is 0 Å². The van der Waals surface area contributed by atoms with Gasteiger partial charge < -0.3 is 0 Å². The highest BCUT2D eigenvalue weighted by atomic mass is 35.5. The van der Waals surface area contributed by atoms with Gasteiger partial charge in [0.05, 0.1) is 0 Å². The predicted molar refractivity (Wildman–Crippen MR) is 73.6 cm³/mol. The molecule has 0 atom stereocenters. The number of pyridine rings is 1. The summed E-state index contributed by atoms with van der Waals surface area (Å²) < 4.78 is 3.57. The fraction of sp³-hybridized carbons (Fsp3) is 0.364. The molecule has 0 radical (unpaired) electrons. The number of carbonyl (C=O) groups is 1. The third kappa shape index (κ3) is 3.45. The van der Waals surface area contributed by atoms with E-state index < -0.39 is 0 Å². The Kier molecular flexibility index (Phi) is 3.77. The summed E-state index contributed by atoms with van der Waals surface area (Å²) in [7, 11) is 0. The van der Waals surface area contributed by atoms with Crippen LogP contribution in [0.2, 0.25) is 5.15 Å². The van der Waals surface area contributed by atoms with Crippen molar-refractivity contribution in [2.75, 3.05) is 5.32 Å². The van der Waals surface area contributed by atoms with E-state index >= 15 is 0 Å². The van der Waals surface area contributed by atoms with Crippen molar-refractivity contribution in [1.82, 2.24) is 19.8 Å². The van der Waals surface area contributed by atoms with E-state index in [2.05, 4.69) is 25.1 Å². The standard InChI is InChI=1S/C11H12ClN5OS/c1-11(2,3)7-4-6(5-8(12)13-7)9(18)14-10-15-16-17-19-10/h4-5H,1-3H3,(H,14,15,17,18). The van der Waals surface area contributed by atoms with Crippen LogP contribution in [0.3, 0.4) is 0 Å². The maximum atomic E-state index is 12.1. The summed E-state index contributed by atoms with van der Waals surface area (Å²) in [6, 6.07) is 3.23. The molecule has 0 aliphatic rings. The lowest BCUT2D eigenvalue weighted by Crippen LogP contribution is -2.17. The molecule has 2 aromatic heterocycles. The molecule has 0 bridgehead atoms. The number of hydrogen-bond donors (Lipinski definition) is 1. The van der Waals surface area contributed by atoms with Crippen LogP contribution in [0.15, 0.2) is 12.1 Å². The molecule has 2 aromatic rings. The van der Waals surface area contributed by atoms with E-state index in [9.17, 15) is 4.79 Å². The second kappa shape index (κ2) is 5.18. The summed E-state index contributed by atoms with van der Waals surface area (Å²) in [5, 5.41) is 10.3. The summed E-state index contributed by atoms with van der Waals surface area (Å²) in [5.41, 5.74) is 0.991. The Labute approximate surface area is 119 Å². The average molecular weight is 298 g/mol. The minimum absolute atomic E-state index is 0.190. The SMILES string of the molecule is CC(C)(C)c1cc(C(=O)Nc2nnns2)cc(Cl)n1. The van der Waals surface area contributed by atoms with Gasteiger partial charge in [-0.1, -0.05) is 42.0 Å². The molecule has 8 heteroatoms. The highest BCUT2D eigenvalue weighted by Gasteiger charge is 2.19. The highest BCUT2D eigenvalue weighted by molar-refractivity contribution is 7.09. The number of rotatable bonds is 2. The molecular formula is C11H12ClN5OS. The Hall–Kier alpha value is -1.60. The summed E-state index contributed by atoms with van der Waals surface area (Å²) in [5.74, 6) is -0.312. The number of nitrogens with zero attached hydrogens (tertiary/aromatic N) is 4. The highest BCUT2D eigenvalue weighted by Crippen LogP contribution is 2.23. The first-order valence-electron chi connectivity index (χ1n) is 5.51. The second-order valence-corrected chi connectivity index (χ2v) is 6.06. The van der Waals surface area contributed by atoms with Crippen molar-refractivity contribution >= 4 is 34.2 Å². The van der Waals surface area contributed by atoms with Crippen LogP contribution in [0.1, 0.15) is 36.8 Å². The zero-order valence-electron chi connectivity index (χ0n) is 10.6. The van der Waals surface area contributed by atoms with Gasteiger partial charge in [-0.05, 0) is 17.3 Å². The second-order valence-electron chi connectivity index (χ2n) is 4.94. The molecule has 0 fully saturated rings. The van der Waals surface area contributed by atoms with Crippen molar-refractivity contribution in [1.29, 1.82) is 0 Å². The zero-order chi connectivity index (χ0) is 14.0. The van der Waals surface area contributed by atoms with E-state index in [1.165, 1.54) is 6.07 Å². The number of aromatic nitrogens is 4. The van der Waals surface area contributed by atoms with Crippen LogP contribution in [0.25, 0.3) is 0 Å². The van der Waals surface area contributed by atoms with E-state index in [4.69, 9.17) is 11.6 Å². The molecule has 100 valence electrons. The van der Waals surface area contributed by atoms with Gasteiger partial charge >= 0.3 is 0 Å². The summed E-state index contributed by atoms with van der Waals surface area (Å²) in [4.78, 5) is 16.3. The molecule has 0 saturated carbocycles. The molecule has 0 aliphatic carbocycles. The first kappa shape index (κ1) is 13.8. The Morgan fingerprint density at radius 2 is 2.11 bits per heavy atom. The fourth-order valence-corrected chi connectivity index (χ4v) is 1.93. The Balaban J connectivity index is 2.29. The van der Waals surface area contributed by atoms with Crippen LogP contribution in [-0.4, -0.2) is 25.7 Å². The van der Waals surface area contributed by atoms with Crippen molar-refractivity contribution in [3.8, 4) is 0 Å². The number of halogens is 1. The molecule has 19 heavy (non-hydrogen) atoms. The van der Waals surface area contributed by atoms with Gasteiger partial charge in [-0.15, -0.1) is 0 Å². The van der Waals surface area contributed by atoms with Crippen molar-refractivity contribution < 1.29 is 4.79 Å². The fourth-order valence-electron chi connectivity index (χ4n) is 1.36. The summed E-state index contributed by atoms with van der Waals surface area (Å²) in [6.45, 7) is 6.01. The maximum absolute atomic E-state index is 12.1. The van der Waals surface area contributed by atoms with Gasteiger partial charge in [-0.25, -0.2) is 4.98 Å². The van der Waals surface area contributed by atoms with E-state index in [-0.39, 0.29) is 16.5 Å². The van der Waals surface area contributed by atoms with E-state index in [1.807, 2.05) is 20.8 Å². The van der Waals surface area contributed by atoms with Gasteiger partial charge in [0.2, 0.25) is 5.13 Å². The van der Waals surface area contributed by atoms with Crippen molar-refractivity contribution in [2.45, 2.75) is 26.2 Å². The first-order valence-corrected chi connectivity index (χ1v) is 6.66. The average Bonchev–Trinajstić information content (AvgIpc) is 2.79. The Bertz CT molecular complexity index is 594. The van der Waals surface area contributed by atoms with Crippen LogP contribution in [0, 0.1) is 0 Å². The minimum atomic E-state index is -0.312. The molecule has 0 spiro atoms. The molecule has 1 amide bonds. The number of hydrogen-bond acceptors (Lipinski definition) is 6. The molecular weight excluding hydrogens is 286 g/mol. The lowest BCUT2D eigenvalue weighted by atomic mass is 9.91. The quantitative estimate of drug-likeness (QED) is 0.862. The summed E-state index contributed by atoms with van der Waals surface area (Å²) in [6.07, 6.45) is 0. The topological polar surface area (TPSA) is 80.7 Å². The maximum Gasteiger partial charge on any atom is 0.257 e. The smallest absolute Gasteiger partial charge is 0.257 e. The molecule has 0 unspecified atom stereocenters. The van der Waals surface area contributed by atoms with Gasteiger partial charge in [0, 0.05) is 28.2 Å². The Morgan fingerprint density at radius 1 is 1.37 bits per heavy atom. The van der Waals surface area contributed by atoms with Gasteiger partial charge in [0.25, 0.3) is 5.91 Å². The van der Waals surface area contributed by atoms with Gasteiger partial charge in [0.15, 0.2) is 0 Å². The van der Waals surface area contributed by atoms with Crippen molar-refractivity contribution in [3.05, 3.63) is 28.5 Å². The molecule has 2 rings (SSSR count). The van der Waals surface area contributed by atoms with Crippen LogP contribution >= 0.6 is 23.1 Å². The van der Waals surface area contributed by atoms with Crippen LogP contribution in [-0.2, 0) is 5.41 Å². The largest absolute Gasteiger partial charge is 0.295 e. The summed E-state index contributed by atoms with van der Waals surface area (Å²) >= 11 is 6.96. The van der Waals surface area contributed by atoms with Crippen LogP contribution < -0.4 is 5.32 Å².